The van der Waals surface area contributed by atoms with E-state index in [1.165, 1.54) is 15.4 Å². The largest absolute Gasteiger partial charge is 0.328 e. The van der Waals surface area contributed by atoms with Gasteiger partial charge in [0.25, 0.3) is 5.56 Å². The van der Waals surface area contributed by atoms with E-state index < -0.39 is 11.2 Å². The Balaban J connectivity index is 0.000000686. The van der Waals surface area contributed by atoms with Gasteiger partial charge in [0.05, 0.1) is 11.9 Å². The molecule has 1 N–H and O–H groups in total. The monoisotopic (exact) mass is 237 g/mol. The molecule has 0 aliphatic heterocycles. The Morgan fingerprint density at radius 3 is 2.41 bits per heavy atom. The molecule has 0 aromatic carbocycles. The van der Waals surface area contributed by atoms with E-state index in [1.807, 2.05) is 13.8 Å². The van der Waals surface area contributed by atoms with Crippen molar-refractivity contribution < 1.29 is 0 Å². The lowest BCUT2D eigenvalue weighted by Gasteiger charge is -2.00. The van der Waals surface area contributed by atoms with Crippen LogP contribution in [0.25, 0.3) is 5.69 Å². The van der Waals surface area contributed by atoms with Gasteiger partial charge in [0, 0.05) is 13.2 Å². The van der Waals surface area contributed by atoms with Crippen LogP contribution in [0.15, 0.2) is 22.0 Å². The summed E-state index contributed by atoms with van der Waals surface area (Å²) in [5.74, 6) is 0. The van der Waals surface area contributed by atoms with Gasteiger partial charge in [-0.3, -0.25) is 9.78 Å². The first kappa shape index (κ1) is 12.9. The van der Waals surface area contributed by atoms with E-state index in [0.29, 0.717) is 5.69 Å². The van der Waals surface area contributed by atoms with E-state index in [9.17, 15) is 9.59 Å². The Labute approximate surface area is 97.7 Å². The molecule has 0 atom stereocenters. The maximum absolute atomic E-state index is 11.4. The van der Waals surface area contributed by atoms with E-state index in [4.69, 9.17) is 0 Å². The van der Waals surface area contributed by atoms with Crippen molar-refractivity contribution in [1.82, 2.24) is 24.5 Å². The van der Waals surface area contributed by atoms with E-state index in [0.717, 1.165) is 0 Å². The second-order valence-electron chi connectivity index (χ2n) is 3.19. The Morgan fingerprint density at radius 2 is 1.88 bits per heavy atom. The smallest absolute Gasteiger partial charge is 0.301 e. The SMILES string of the molecule is CC.Cc1cn(-c2cn(C)c(=O)[nH]c2=O)nn1. The van der Waals surface area contributed by atoms with Gasteiger partial charge in [-0.05, 0) is 6.92 Å². The van der Waals surface area contributed by atoms with Crippen LogP contribution in [0.1, 0.15) is 19.5 Å². The van der Waals surface area contributed by atoms with Gasteiger partial charge in [0.15, 0.2) is 0 Å². The molecule has 2 aromatic heterocycles. The number of aromatic nitrogens is 5. The number of aromatic amines is 1. The molecule has 2 rings (SSSR count). The van der Waals surface area contributed by atoms with Crippen LogP contribution in [-0.2, 0) is 7.05 Å². The average molecular weight is 237 g/mol. The molecule has 0 unspecified atom stereocenters. The topological polar surface area (TPSA) is 85.6 Å². The minimum absolute atomic E-state index is 0.262. The summed E-state index contributed by atoms with van der Waals surface area (Å²) in [5, 5.41) is 7.51. The summed E-state index contributed by atoms with van der Waals surface area (Å²) in [4.78, 5) is 24.7. The molecule has 92 valence electrons. The van der Waals surface area contributed by atoms with Crippen molar-refractivity contribution in [1.29, 1.82) is 0 Å². The number of hydrogen-bond acceptors (Lipinski definition) is 4. The quantitative estimate of drug-likeness (QED) is 0.755. The molecule has 17 heavy (non-hydrogen) atoms. The molecule has 2 aromatic rings. The molecule has 0 aliphatic carbocycles. The minimum Gasteiger partial charge on any atom is -0.301 e. The van der Waals surface area contributed by atoms with Gasteiger partial charge in [-0.2, -0.15) is 0 Å². The molecule has 0 fully saturated rings. The molecule has 2 heterocycles. The lowest BCUT2D eigenvalue weighted by atomic mass is 10.5. The minimum atomic E-state index is -0.483. The van der Waals surface area contributed by atoms with Crippen LogP contribution in [0.4, 0.5) is 0 Å². The number of nitrogens with one attached hydrogen (secondary N) is 1. The second-order valence-corrected chi connectivity index (χ2v) is 3.19. The Morgan fingerprint density at radius 1 is 1.24 bits per heavy atom. The molecule has 0 spiro atoms. The Kier molecular flexibility index (Phi) is 3.97. The van der Waals surface area contributed by atoms with E-state index in [-0.39, 0.29) is 5.69 Å². The van der Waals surface area contributed by atoms with Crippen molar-refractivity contribution in [2.45, 2.75) is 20.8 Å². The second kappa shape index (κ2) is 5.24. The first-order valence-electron chi connectivity index (χ1n) is 5.27. The normalized spacial score (nSPS) is 9.65. The maximum atomic E-state index is 11.4. The highest BCUT2D eigenvalue weighted by molar-refractivity contribution is 5.23. The van der Waals surface area contributed by atoms with Gasteiger partial charge < -0.3 is 4.57 Å². The molecule has 0 saturated heterocycles. The first-order chi connectivity index (χ1) is 8.08. The molecular formula is C10H15N5O2. The summed E-state index contributed by atoms with van der Waals surface area (Å²) < 4.78 is 2.60. The van der Waals surface area contributed by atoms with E-state index in [1.54, 1.807) is 20.2 Å². The fourth-order valence-corrected chi connectivity index (χ4v) is 1.18. The van der Waals surface area contributed by atoms with Gasteiger partial charge in [0.2, 0.25) is 0 Å². The lowest BCUT2D eigenvalue weighted by molar-refractivity contribution is 0.737. The van der Waals surface area contributed by atoms with Crippen LogP contribution in [0.3, 0.4) is 0 Å². The van der Waals surface area contributed by atoms with Crippen molar-refractivity contribution >= 4 is 0 Å². The van der Waals surface area contributed by atoms with Crippen LogP contribution in [-0.4, -0.2) is 24.5 Å². The standard InChI is InChI=1S/C8H9N5O2.C2H6/c1-5-3-13(11-10-5)6-4-12(2)8(15)9-7(6)14;1-2/h3-4H,1-2H3,(H,9,14,15);1-2H3. The Hall–Kier alpha value is -2.18. The van der Waals surface area contributed by atoms with Gasteiger partial charge in [-0.15, -0.1) is 5.10 Å². The fraction of sp³-hybridized carbons (Fsp3) is 0.400. The zero-order chi connectivity index (χ0) is 13.0. The van der Waals surface area contributed by atoms with Crippen LogP contribution >= 0.6 is 0 Å². The zero-order valence-electron chi connectivity index (χ0n) is 10.3. The maximum Gasteiger partial charge on any atom is 0.328 e. The zero-order valence-corrected chi connectivity index (χ0v) is 10.3. The highest BCUT2D eigenvalue weighted by atomic mass is 16.2. The van der Waals surface area contributed by atoms with Crippen LogP contribution in [0.2, 0.25) is 0 Å². The summed E-state index contributed by atoms with van der Waals surface area (Å²) in [5.41, 5.74) is 0.0181. The number of nitrogens with zero attached hydrogens (tertiary/aromatic N) is 4. The molecule has 0 aliphatic rings. The first-order valence-corrected chi connectivity index (χ1v) is 5.27. The summed E-state index contributed by atoms with van der Waals surface area (Å²) in [7, 11) is 1.55. The van der Waals surface area contributed by atoms with Crippen LogP contribution in [0.5, 0.6) is 0 Å². The summed E-state index contributed by atoms with van der Waals surface area (Å²) in [6, 6.07) is 0. The molecule has 0 saturated carbocycles. The average Bonchev–Trinajstić information content (AvgIpc) is 2.73. The summed E-state index contributed by atoms with van der Waals surface area (Å²) in [6.07, 6.45) is 3.02. The lowest BCUT2D eigenvalue weighted by Crippen LogP contribution is -2.30. The third-order valence-corrected chi connectivity index (χ3v) is 1.94. The molecule has 0 amide bonds. The highest BCUT2D eigenvalue weighted by Crippen LogP contribution is 1.97. The van der Waals surface area contributed by atoms with Crippen molar-refractivity contribution in [2.75, 3.05) is 0 Å². The van der Waals surface area contributed by atoms with Crippen molar-refractivity contribution in [3.05, 3.63) is 38.9 Å². The number of rotatable bonds is 1. The summed E-state index contributed by atoms with van der Waals surface area (Å²) >= 11 is 0. The summed E-state index contributed by atoms with van der Waals surface area (Å²) in [6.45, 7) is 5.76. The van der Waals surface area contributed by atoms with Crippen LogP contribution < -0.4 is 11.2 Å². The van der Waals surface area contributed by atoms with E-state index in [2.05, 4.69) is 15.3 Å². The van der Waals surface area contributed by atoms with Crippen molar-refractivity contribution in [2.24, 2.45) is 7.05 Å². The number of aryl methyl sites for hydroxylation is 2. The molecule has 7 nitrogen and oxygen atoms in total. The predicted octanol–water partition coefficient (Wildman–Crippen LogP) is -0.0111. The van der Waals surface area contributed by atoms with Gasteiger partial charge in [0.1, 0.15) is 5.69 Å². The van der Waals surface area contributed by atoms with Crippen LogP contribution in [0, 0.1) is 6.92 Å². The van der Waals surface area contributed by atoms with E-state index >= 15 is 0 Å². The highest BCUT2D eigenvalue weighted by Gasteiger charge is 2.06. The number of H-pyrrole nitrogens is 1. The van der Waals surface area contributed by atoms with Gasteiger partial charge in [-0.25, -0.2) is 9.48 Å². The molecular weight excluding hydrogens is 222 g/mol. The molecule has 0 bridgehead atoms. The molecule has 7 heteroatoms. The van der Waals surface area contributed by atoms with Gasteiger partial charge >= 0.3 is 5.69 Å². The Bertz CT molecular complexity index is 608. The fourth-order valence-electron chi connectivity index (χ4n) is 1.18. The van der Waals surface area contributed by atoms with Gasteiger partial charge in [-0.1, -0.05) is 19.1 Å². The predicted molar refractivity (Wildman–Crippen MR) is 63.3 cm³/mol. The molecule has 0 radical (unpaired) electrons. The van der Waals surface area contributed by atoms with Crippen molar-refractivity contribution in [3.8, 4) is 5.69 Å². The van der Waals surface area contributed by atoms with Crippen molar-refractivity contribution in [3.63, 3.8) is 0 Å². The third-order valence-electron chi connectivity index (χ3n) is 1.94. The number of hydrogen-bond donors (Lipinski definition) is 1. The third kappa shape index (κ3) is 2.68.